The highest BCUT2D eigenvalue weighted by atomic mass is 32.1. The Bertz CT molecular complexity index is 730. The molecule has 0 unspecified atom stereocenters. The first-order valence-electron chi connectivity index (χ1n) is 6.70. The highest BCUT2D eigenvalue weighted by molar-refractivity contribution is 7.15. The molecule has 1 aromatic heterocycles. The average molecular weight is 318 g/mol. The average Bonchev–Trinajstić information content (AvgIpc) is 3.11. The number of hydrogen-bond donors (Lipinski definition) is 2. The number of aryl methyl sites for hydroxylation is 1. The number of primary amides is 1. The van der Waals surface area contributed by atoms with Gasteiger partial charge in [0.2, 0.25) is 5.13 Å². The molecule has 0 saturated heterocycles. The van der Waals surface area contributed by atoms with Crippen molar-refractivity contribution in [1.29, 1.82) is 0 Å². The van der Waals surface area contributed by atoms with Gasteiger partial charge in [-0.2, -0.15) is 0 Å². The number of anilines is 1. The number of benzene rings is 1. The Morgan fingerprint density at radius 2 is 2.23 bits per heavy atom. The number of hydrogen-bond acceptors (Lipinski definition) is 6. The number of ether oxygens (including phenoxy) is 1. The summed E-state index contributed by atoms with van der Waals surface area (Å²) < 4.78 is 4.95. The molecule has 3 rings (SSSR count). The molecule has 2 aromatic rings. The van der Waals surface area contributed by atoms with Crippen LogP contribution < -0.4 is 11.1 Å². The summed E-state index contributed by atoms with van der Waals surface area (Å²) in [5, 5.41) is 11.7. The van der Waals surface area contributed by atoms with Gasteiger partial charge in [-0.15, -0.1) is 10.2 Å². The summed E-state index contributed by atoms with van der Waals surface area (Å²) in [5.41, 5.74) is 6.48. The van der Waals surface area contributed by atoms with Crippen molar-refractivity contribution in [1.82, 2.24) is 10.2 Å². The SMILES string of the molecule is Cc1nnc(NC(=O)c2cccc([C@@H]3C[C@H]3OC(N)=O)c2)s1. The van der Waals surface area contributed by atoms with Gasteiger partial charge >= 0.3 is 6.09 Å². The van der Waals surface area contributed by atoms with Crippen LogP contribution in [-0.2, 0) is 4.74 Å². The van der Waals surface area contributed by atoms with Crippen LogP contribution in [0.15, 0.2) is 24.3 Å². The number of carbonyl (C=O) groups is 2. The number of nitrogens with one attached hydrogen (secondary N) is 1. The van der Waals surface area contributed by atoms with Crippen LogP contribution in [0.5, 0.6) is 0 Å². The van der Waals surface area contributed by atoms with Gasteiger partial charge in [0.05, 0.1) is 0 Å². The number of amides is 2. The van der Waals surface area contributed by atoms with Crippen molar-refractivity contribution < 1.29 is 14.3 Å². The summed E-state index contributed by atoms with van der Waals surface area (Å²) in [4.78, 5) is 22.9. The summed E-state index contributed by atoms with van der Waals surface area (Å²) in [6.07, 6.45) is -0.237. The minimum Gasteiger partial charge on any atom is -0.446 e. The van der Waals surface area contributed by atoms with Crippen LogP contribution in [0.3, 0.4) is 0 Å². The van der Waals surface area contributed by atoms with Crippen molar-refractivity contribution in [2.75, 3.05) is 5.32 Å². The number of aromatic nitrogens is 2. The van der Waals surface area contributed by atoms with E-state index in [1.54, 1.807) is 18.2 Å². The Balaban J connectivity index is 1.69. The maximum absolute atomic E-state index is 12.2. The van der Waals surface area contributed by atoms with E-state index in [2.05, 4.69) is 15.5 Å². The topological polar surface area (TPSA) is 107 Å². The summed E-state index contributed by atoms with van der Waals surface area (Å²) in [5.74, 6) is -0.143. The molecule has 2 atom stereocenters. The van der Waals surface area contributed by atoms with Crippen LogP contribution in [-0.4, -0.2) is 28.3 Å². The zero-order chi connectivity index (χ0) is 15.7. The van der Waals surface area contributed by atoms with Crippen LogP contribution in [0.1, 0.15) is 33.3 Å². The van der Waals surface area contributed by atoms with Crippen LogP contribution >= 0.6 is 11.3 Å². The fraction of sp³-hybridized carbons (Fsp3) is 0.286. The van der Waals surface area contributed by atoms with E-state index in [9.17, 15) is 9.59 Å². The number of carbonyl (C=O) groups excluding carboxylic acids is 2. The maximum Gasteiger partial charge on any atom is 0.404 e. The lowest BCUT2D eigenvalue weighted by Crippen LogP contribution is -2.15. The molecule has 0 aliphatic heterocycles. The summed E-state index contributed by atoms with van der Waals surface area (Å²) in [7, 11) is 0. The van der Waals surface area contributed by atoms with Crippen molar-refractivity contribution in [3.05, 3.63) is 40.4 Å². The Kier molecular flexibility index (Phi) is 3.76. The molecular weight excluding hydrogens is 304 g/mol. The molecule has 1 aromatic carbocycles. The second-order valence-corrected chi connectivity index (χ2v) is 6.20. The smallest absolute Gasteiger partial charge is 0.404 e. The molecular formula is C14H14N4O3S. The van der Waals surface area contributed by atoms with Gasteiger partial charge < -0.3 is 10.5 Å². The fourth-order valence-corrected chi connectivity index (χ4v) is 2.82. The lowest BCUT2D eigenvalue weighted by molar-refractivity contribution is 0.102. The normalized spacial score (nSPS) is 19.5. The van der Waals surface area contributed by atoms with Crippen molar-refractivity contribution in [3.8, 4) is 0 Å². The molecule has 114 valence electrons. The zero-order valence-electron chi connectivity index (χ0n) is 11.8. The largest absolute Gasteiger partial charge is 0.446 e. The highest BCUT2D eigenvalue weighted by Crippen LogP contribution is 2.43. The van der Waals surface area contributed by atoms with Crippen LogP contribution in [0.2, 0.25) is 0 Å². The van der Waals surface area contributed by atoms with Gasteiger partial charge in [0.1, 0.15) is 11.1 Å². The molecule has 0 radical (unpaired) electrons. The second-order valence-electron chi connectivity index (χ2n) is 5.02. The Labute approximate surface area is 130 Å². The third-order valence-corrected chi connectivity index (χ3v) is 4.08. The van der Waals surface area contributed by atoms with Crippen LogP contribution in [0.25, 0.3) is 0 Å². The van der Waals surface area contributed by atoms with Gasteiger partial charge in [-0.1, -0.05) is 23.5 Å². The van der Waals surface area contributed by atoms with Gasteiger partial charge in [-0.05, 0) is 31.0 Å². The minimum atomic E-state index is -0.770. The van der Waals surface area contributed by atoms with Crippen molar-refractivity contribution in [2.24, 2.45) is 5.73 Å². The minimum absolute atomic E-state index is 0.101. The predicted molar refractivity (Wildman–Crippen MR) is 80.9 cm³/mol. The molecule has 1 aliphatic carbocycles. The van der Waals surface area contributed by atoms with Crippen molar-refractivity contribution in [2.45, 2.75) is 25.4 Å². The van der Waals surface area contributed by atoms with E-state index in [0.29, 0.717) is 10.7 Å². The van der Waals surface area contributed by atoms with Crippen LogP contribution in [0.4, 0.5) is 9.93 Å². The molecule has 1 aliphatic rings. The van der Waals surface area contributed by atoms with Gasteiger partial charge in [-0.3, -0.25) is 10.1 Å². The number of nitrogens with two attached hydrogens (primary N) is 1. The Morgan fingerprint density at radius 3 is 2.91 bits per heavy atom. The molecule has 1 saturated carbocycles. The lowest BCUT2D eigenvalue weighted by atomic mass is 10.1. The first-order valence-corrected chi connectivity index (χ1v) is 7.52. The number of nitrogens with zero attached hydrogens (tertiary/aromatic N) is 2. The lowest BCUT2D eigenvalue weighted by Gasteiger charge is -2.05. The van der Waals surface area contributed by atoms with Crippen molar-refractivity contribution >= 4 is 28.5 Å². The van der Waals surface area contributed by atoms with E-state index in [0.717, 1.165) is 17.0 Å². The zero-order valence-corrected chi connectivity index (χ0v) is 12.6. The molecule has 1 fully saturated rings. The highest BCUT2D eigenvalue weighted by Gasteiger charge is 2.41. The molecule has 3 N–H and O–H groups in total. The summed E-state index contributed by atoms with van der Waals surface area (Å²) in [6, 6.07) is 7.22. The monoisotopic (exact) mass is 318 g/mol. The number of rotatable bonds is 4. The molecule has 7 nitrogen and oxygen atoms in total. The van der Waals surface area contributed by atoms with E-state index in [1.165, 1.54) is 11.3 Å². The predicted octanol–water partition coefficient (Wildman–Crippen LogP) is 2.05. The molecule has 22 heavy (non-hydrogen) atoms. The molecule has 2 amide bonds. The summed E-state index contributed by atoms with van der Waals surface area (Å²) in [6.45, 7) is 1.82. The standard InChI is InChI=1S/C14H14N4O3S/c1-7-17-18-14(22-7)16-12(19)9-4-2-3-8(5-9)10-6-11(10)21-13(15)20/h2-5,10-11H,6H2,1H3,(H2,15,20)(H,16,18,19)/t10-,11+/m0/s1. The van der Waals surface area contributed by atoms with Gasteiger partial charge in [0.25, 0.3) is 5.91 Å². The van der Waals surface area contributed by atoms with Crippen LogP contribution in [0, 0.1) is 6.92 Å². The van der Waals surface area contributed by atoms with Gasteiger partial charge in [-0.25, -0.2) is 4.79 Å². The molecule has 1 heterocycles. The third-order valence-electron chi connectivity index (χ3n) is 3.32. The molecule has 0 bridgehead atoms. The van der Waals surface area contributed by atoms with E-state index in [-0.39, 0.29) is 17.9 Å². The second kappa shape index (κ2) is 5.72. The first kappa shape index (κ1) is 14.5. The van der Waals surface area contributed by atoms with E-state index < -0.39 is 6.09 Å². The molecule has 8 heteroatoms. The van der Waals surface area contributed by atoms with Crippen molar-refractivity contribution in [3.63, 3.8) is 0 Å². The third kappa shape index (κ3) is 3.22. The fourth-order valence-electron chi connectivity index (χ4n) is 2.23. The Morgan fingerprint density at radius 1 is 1.41 bits per heavy atom. The van der Waals surface area contributed by atoms with E-state index in [1.807, 2.05) is 13.0 Å². The van der Waals surface area contributed by atoms with Gasteiger partial charge in [0.15, 0.2) is 0 Å². The molecule has 0 spiro atoms. The van der Waals surface area contributed by atoms with Gasteiger partial charge in [0, 0.05) is 11.5 Å². The maximum atomic E-state index is 12.2. The van der Waals surface area contributed by atoms with E-state index >= 15 is 0 Å². The quantitative estimate of drug-likeness (QED) is 0.897. The Hall–Kier alpha value is -2.48. The first-order chi connectivity index (χ1) is 10.5. The van der Waals surface area contributed by atoms with E-state index in [4.69, 9.17) is 10.5 Å². The summed E-state index contributed by atoms with van der Waals surface area (Å²) >= 11 is 1.32.